The van der Waals surface area contributed by atoms with Gasteiger partial charge in [-0.3, -0.25) is 9.58 Å². The van der Waals surface area contributed by atoms with Crippen molar-refractivity contribution in [2.24, 2.45) is 0 Å². The molecule has 1 fully saturated rings. The molecular weight excluding hydrogens is 248 g/mol. The fourth-order valence-electron chi connectivity index (χ4n) is 3.02. The lowest BCUT2D eigenvalue weighted by Crippen LogP contribution is -2.35. The van der Waals surface area contributed by atoms with Crippen LogP contribution in [0.25, 0.3) is 0 Å². The van der Waals surface area contributed by atoms with Crippen molar-refractivity contribution >= 4 is 0 Å². The zero-order chi connectivity index (χ0) is 14.5. The zero-order valence-corrected chi connectivity index (χ0v) is 13.5. The molecule has 2 rings (SSSR count). The molecule has 0 aromatic carbocycles. The van der Waals surface area contributed by atoms with E-state index in [1.807, 2.05) is 0 Å². The minimum absolute atomic E-state index is 0.444. The highest BCUT2D eigenvalue weighted by atomic mass is 15.3. The van der Waals surface area contributed by atoms with E-state index in [1.165, 1.54) is 37.1 Å². The number of nitrogens with zero attached hydrogens (tertiary/aromatic N) is 3. The summed E-state index contributed by atoms with van der Waals surface area (Å²) in [6, 6.07) is 1.16. The lowest BCUT2D eigenvalue weighted by atomic mass is 10.1. The first kappa shape index (κ1) is 15.5. The molecular formula is C16H30N4. The molecule has 1 atom stereocenters. The van der Waals surface area contributed by atoms with Crippen LogP contribution in [-0.4, -0.2) is 40.4 Å². The van der Waals surface area contributed by atoms with Gasteiger partial charge in [-0.1, -0.05) is 6.92 Å². The van der Waals surface area contributed by atoms with Crippen LogP contribution in [-0.2, 0) is 6.54 Å². The van der Waals surface area contributed by atoms with E-state index < -0.39 is 0 Å². The monoisotopic (exact) mass is 278 g/mol. The summed E-state index contributed by atoms with van der Waals surface area (Å²) in [5, 5.41) is 8.15. The van der Waals surface area contributed by atoms with Gasteiger partial charge in [0, 0.05) is 30.4 Å². The topological polar surface area (TPSA) is 33.1 Å². The third-order valence-corrected chi connectivity index (χ3v) is 4.39. The zero-order valence-electron chi connectivity index (χ0n) is 13.5. The number of hydrogen-bond donors (Lipinski definition) is 1. The maximum atomic E-state index is 4.64. The number of nitrogens with one attached hydrogen (secondary N) is 1. The molecule has 1 aliphatic rings. The normalized spacial score (nSPS) is 20.6. The molecule has 0 bridgehead atoms. The molecule has 2 heterocycles. The average Bonchev–Trinajstić information content (AvgIpc) is 2.65. The second kappa shape index (κ2) is 7.23. The molecule has 0 aliphatic carbocycles. The fraction of sp³-hybridized carbons (Fsp3) is 0.812. The number of hydrogen-bond acceptors (Lipinski definition) is 3. The van der Waals surface area contributed by atoms with E-state index in [-0.39, 0.29) is 0 Å². The van der Waals surface area contributed by atoms with Gasteiger partial charge in [0.2, 0.25) is 0 Å². The molecule has 4 nitrogen and oxygen atoms in total. The van der Waals surface area contributed by atoms with E-state index in [0.29, 0.717) is 6.04 Å². The van der Waals surface area contributed by atoms with Gasteiger partial charge < -0.3 is 5.32 Å². The Labute approximate surface area is 123 Å². The summed E-state index contributed by atoms with van der Waals surface area (Å²) in [5.41, 5.74) is 2.57. The Morgan fingerprint density at radius 2 is 2.20 bits per heavy atom. The summed E-state index contributed by atoms with van der Waals surface area (Å²) < 4.78 is 2.09. The number of rotatable bonds is 5. The lowest BCUT2D eigenvalue weighted by Gasteiger charge is -2.29. The number of aromatic nitrogens is 2. The molecule has 0 spiro atoms. The molecule has 114 valence electrons. The van der Waals surface area contributed by atoms with Gasteiger partial charge in [0.15, 0.2) is 0 Å². The van der Waals surface area contributed by atoms with Crippen molar-refractivity contribution < 1.29 is 0 Å². The number of aryl methyl sites for hydroxylation is 1. The molecule has 1 unspecified atom stereocenters. The lowest BCUT2D eigenvalue weighted by molar-refractivity contribution is 0.182. The van der Waals surface area contributed by atoms with Crippen molar-refractivity contribution in [3.05, 3.63) is 17.5 Å². The first-order valence-corrected chi connectivity index (χ1v) is 8.11. The van der Waals surface area contributed by atoms with Crippen LogP contribution in [0, 0.1) is 6.92 Å². The van der Waals surface area contributed by atoms with Crippen LogP contribution in [0.3, 0.4) is 0 Å². The van der Waals surface area contributed by atoms with E-state index in [1.54, 1.807) is 0 Å². The maximum Gasteiger partial charge on any atom is 0.0638 e. The van der Waals surface area contributed by atoms with E-state index in [2.05, 4.69) is 53.9 Å². The molecule has 4 heteroatoms. The average molecular weight is 278 g/mol. The predicted octanol–water partition coefficient (Wildman–Crippen LogP) is 2.74. The van der Waals surface area contributed by atoms with Crippen molar-refractivity contribution in [1.82, 2.24) is 20.0 Å². The van der Waals surface area contributed by atoms with Crippen molar-refractivity contribution in [1.29, 1.82) is 0 Å². The Kier molecular flexibility index (Phi) is 5.61. The van der Waals surface area contributed by atoms with Gasteiger partial charge in [0.25, 0.3) is 0 Å². The predicted molar refractivity (Wildman–Crippen MR) is 83.9 cm³/mol. The smallest absolute Gasteiger partial charge is 0.0638 e. The highest BCUT2D eigenvalue weighted by Gasteiger charge is 2.20. The summed E-state index contributed by atoms with van der Waals surface area (Å²) >= 11 is 0. The maximum absolute atomic E-state index is 4.64. The molecule has 0 amide bonds. The van der Waals surface area contributed by atoms with E-state index >= 15 is 0 Å². The fourth-order valence-corrected chi connectivity index (χ4v) is 3.02. The van der Waals surface area contributed by atoms with Crippen LogP contribution in [0.15, 0.2) is 6.20 Å². The van der Waals surface area contributed by atoms with Gasteiger partial charge in [0.1, 0.15) is 0 Å². The summed E-state index contributed by atoms with van der Waals surface area (Å²) in [6.45, 7) is 13.3. The Balaban J connectivity index is 2.05. The minimum Gasteiger partial charge on any atom is -0.317 e. The Bertz CT molecular complexity index is 403. The van der Waals surface area contributed by atoms with Crippen LogP contribution >= 0.6 is 0 Å². The standard InChI is InChI=1S/C16H30N4/c1-5-19(16-7-6-9-17-10-8-16)11-15-12-20(13(2)3)18-14(15)4/h12-13,16-17H,5-11H2,1-4H3. The molecule has 1 N–H and O–H groups in total. The van der Waals surface area contributed by atoms with Crippen molar-refractivity contribution in [3.63, 3.8) is 0 Å². The SMILES string of the molecule is CCN(Cc1cn(C(C)C)nc1C)C1CCCNCC1. The van der Waals surface area contributed by atoms with Crippen LogP contribution in [0.5, 0.6) is 0 Å². The summed E-state index contributed by atoms with van der Waals surface area (Å²) in [5.74, 6) is 0. The van der Waals surface area contributed by atoms with Crippen LogP contribution in [0.2, 0.25) is 0 Å². The third-order valence-electron chi connectivity index (χ3n) is 4.39. The molecule has 0 radical (unpaired) electrons. The largest absolute Gasteiger partial charge is 0.317 e. The van der Waals surface area contributed by atoms with Crippen LogP contribution < -0.4 is 5.32 Å². The molecule has 1 aliphatic heterocycles. The van der Waals surface area contributed by atoms with E-state index in [0.717, 1.165) is 25.7 Å². The molecule has 1 aromatic rings. The van der Waals surface area contributed by atoms with E-state index in [4.69, 9.17) is 0 Å². The van der Waals surface area contributed by atoms with Gasteiger partial charge in [-0.15, -0.1) is 0 Å². The highest BCUT2D eigenvalue weighted by Crippen LogP contribution is 2.19. The summed E-state index contributed by atoms with van der Waals surface area (Å²) in [4.78, 5) is 2.63. The molecule has 1 saturated heterocycles. The highest BCUT2D eigenvalue weighted by molar-refractivity contribution is 5.15. The second-order valence-corrected chi connectivity index (χ2v) is 6.21. The van der Waals surface area contributed by atoms with Gasteiger partial charge in [-0.25, -0.2) is 0 Å². The van der Waals surface area contributed by atoms with E-state index in [9.17, 15) is 0 Å². The molecule has 0 saturated carbocycles. The minimum atomic E-state index is 0.444. The van der Waals surface area contributed by atoms with Crippen molar-refractivity contribution in [2.45, 2.75) is 65.6 Å². The summed E-state index contributed by atoms with van der Waals surface area (Å²) in [7, 11) is 0. The third kappa shape index (κ3) is 3.83. The summed E-state index contributed by atoms with van der Waals surface area (Å²) in [6.07, 6.45) is 6.12. The molecule has 20 heavy (non-hydrogen) atoms. The van der Waals surface area contributed by atoms with Crippen molar-refractivity contribution in [2.75, 3.05) is 19.6 Å². The van der Waals surface area contributed by atoms with Gasteiger partial charge >= 0.3 is 0 Å². The Morgan fingerprint density at radius 1 is 1.40 bits per heavy atom. The second-order valence-electron chi connectivity index (χ2n) is 6.21. The first-order valence-electron chi connectivity index (χ1n) is 8.11. The van der Waals surface area contributed by atoms with Gasteiger partial charge in [0.05, 0.1) is 5.69 Å². The Morgan fingerprint density at radius 3 is 2.85 bits per heavy atom. The Hall–Kier alpha value is -0.870. The quantitative estimate of drug-likeness (QED) is 0.899. The van der Waals surface area contributed by atoms with Crippen LogP contribution in [0.4, 0.5) is 0 Å². The van der Waals surface area contributed by atoms with Gasteiger partial charge in [-0.05, 0) is 59.7 Å². The first-order chi connectivity index (χ1) is 9.61. The van der Waals surface area contributed by atoms with Crippen LogP contribution in [0.1, 0.15) is 57.3 Å². The van der Waals surface area contributed by atoms with Gasteiger partial charge in [-0.2, -0.15) is 5.10 Å². The van der Waals surface area contributed by atoms with Crippen molar-refractivity contribution in [3.8, 4) is 0 Å². The molecule has 1 aromatic heterocycles.